The number of amides is 1. The number of hydrogen-bond donors (Lipinski definition) is 6. The van der Waals surface area contributed by atoms with Crippen LogP contribution in [0, 0.1) is 0 Å². The average molecular weight is 262 g/mol. The summed E-state index contributed by atoms with van der Waals surface area (Å²) in [6.07, 6.45) is -0.132. The van der Waals surface area contributed by atoms with E-state index >= 15 is 0 Å². The van der Waals surface area contributed by atoms with E-state index in [0.717, 1.165) is 6.54 Å². The van der Waals surface area contributed by atoms with Crippen LogP contribution >= 0.6 is 0 Å². The molecule has 18 heavy (non-hydrogen) atoms. The number of carbonyl (C=O) groups is 1. The number of rotatable bonds is 12. The number of carbonyl (C=O) groups excluding carboxylic acids is 1. The lowest BCUT2D eigenvalue weighted by Gasteiger charge is -2.18. The van der Waals surface area contributed by atoms with Gasteiger partial charge in [-0.25, -0.2) is 0 Å². The first-order valence-electron chi connectivity index (χ1n) is 6.09. The minimum atomic E-state index is -0.132. The Balaban J connectivity index is 3.74. The monoisotopic (exact) mass is 262 g/mol. The lowest BCUT2D eigenvalue weighted by molar-refractivity contribution is -0.127. The van der Waals surface area contributed by atoms with Gasteiger partial charge in [0, 0.05) is 39.5 Å². The minimum absolute atomic E-state index is 0.0346. The fraction of sp³-hybridized carbons (Fsp3) is 0.900. The van der Waals surface area contributed by atoms with Gasteiger partial charge in [-0.3, -0.25) is 4.79 Å². The maximum atomic E-state index is 11.4. The fourth-order valence-electron chi connectivity index (χ4n) is 1.25. The molecule has 8 N–H and O–H groups in total. The predicted octanol–water partition coefficient (Wildman–Crippen LogP) is -3.28. The molecule has 0 saturated carbocycles. The summed E-state index contributed by atoms with van der Waals surface area (Å²) in [6.45, 7) is 3.26. The second kappa shape index (κ2) is 12.7. The third-order valence-corrected chi connectivity index (χ3v) is 2.18. The quantitative estimate of drug-likeness (QED) is 0.161. The zero-order valence-electron chi connectivity index (χ0n) is 11.0. The summed E-state index contributed by atoms with van der Waals surface area (Å²) >= 11 is 0. The lowest BCUT2D eigenvalue weighted by Crippen LogP contribution is -2.43. The van der Waals surface area contributed by atoms with E-state index in [2.05, 4.69) is 21.3 Å². The van der Waals surface area contributed by atoms with Crippen LogP contribution in [-0.2, 0) is 9.53 Å². The van der Waals surface area contributed by atoms with E-state index in [9.17, 15) is 4.79 Å². The van der Waals surface area contributed by atoms with Gasteiger partial charge < -0.3 is 37.5 Å². The van der Waals surface area contributed by atoms with E-state index in [4.69, 9.17) is 16.2 Å². The van der Waals surface area contributed by atoms with Gasteiger partial charge in [0.15, 0.2) is 0 Å². The third kappa shape index (κ3) is 10.4. The summed E-state index contributed by atoms with van der Waals surface area (Å²) in [5.41, 5.74) is 10.7. The molecule has 0 spiro atoms. The molecule has 0 aliphatic rings. The summed E-state index contributed by atoms with van der Waals surface area (Å²) < 4.78 is 5.47. The van der Waals surface area contributed by atoms with Crippen LogP contribution < -0.4 is 32.7 Å². The molecule has 0 unspecified atom stereocenters. The van der Waals surface area contributed by atoms with Crippen LogP contribution in [0.5, 0.6) is 0 Å². The Kier molecular flexibility index (Phi) is 12.1. The Morgan fingerprint density at radius 1 is 1.17 bits per heavy atom. The summed E-state index contributed by atoms with van der Waals surface area (Å²) in [7, 11) is 1.83. The highest BCUT2D eigenvalue weighted by atomic mass is 16.5. The van der Waals surface area contributed by atoms with Gasteiger partial charge in [-0.15, -0.1) is 0 Å². The number of likely N-dealkylation sites (N-methyl/N-ethyl adjacent to an activating group) is 1. The summed E-state index contributed by atoms with van der Waals surface area (Å²) in [5, 5.41) is 11.6. The molecular weight excluding hydrogens is 236 g/mol. The summed E-state index contributed by atoms with van der Waals surface area (Å²) in [4.78, 5) is 11.4. The Bertz CT molecular complexity index is 197. The normalized spacial score (nSPS) is 10.9. The molecule has 0 aromatic heterocycles. The molecule has 8 heteroatoms. The first-order valence-corrected chi connectivity index (χ1v) is 6.09. The van der Waals surface area contributed by atoms with Gasteiger partial charge in [-0.2, -0.15) is 0 Å². The minimum Gasteiger partial charge on any atom is -0.366 e. The zero-order valence-corrected chi connectivity index (χ0v) is 11.0. The van der Waals surface area contributed by atoms with Crippen LogP contribution in [-0.4, -0.2) is 65.2 Å². The molecule has 0 radical (unpaired) electrons. The Morgan fingerprint density at radius 2 is 1.78 bits per heavy atom. The number of ether oxygens (including phenoxy) is 1. The van der Waals surface area contributed by atoms with Crippen molar-refractivity contribution in [3.8, 4) is 0 Å². The van der Waals surface area contributed by atoms with Crippen LogP contribution in [0.15, 0.2) is 0 Å². The molecule has 0 aromatic carbocycles. The first-order chi connectivity index (χ1) is 8.74. The molecule has 0 aromatic rings. The molecule has 1 amide bonds. The van der Waals surface area contributed by atoms with Gasteiger partial charge >= 0.3 is 0 Å². The molecule has 0 rings (SSSR count). The molecule has 0 heterocycles. The van der Waals surface area contributed by atoms with Crippen molar-refractivity contribution in [1.82, 2.24) is 21.3 Å². The molecule has 0 saturated heterocycles. The molecular formula is C10H26N6O2. The number of nitrogens with two attached hydrogens (primary N) is 2. The van der Waals surface area contributed by atoms with Crippen molar-refractivity contribution in [3.05, 3.63) is 0 Å². The molecule has 8 nitrogen and oxygen atoms in total. The fourth-order valence-corrected chi connectivity index (χ4v) is 1.25. The zero-order chi connectivity index (χ0) is 13.6. The average Bonchev–Trinajstić information content (AvgIpc) is 2.38. The summed E-state index contributed by atoms with van der Waals surface area (Å²) in [5.74, 6) is -0.129. The predicted molar refractivity (Wildman–Crippen MR) is 70.8 cm³/mol. The first kappa shape index (κ1) is 17.2. The molecule has 0 fully saturated rings. The van der Waals surface area contributed by atoms with Crippen LogP contribution in [0.1, 0.15) is 0 Å². The highest BCUT2D eigenvalue weighted by Crippen LogP contribution is 1.89. The Hall–Kier alpha value is -0.770. The lowest BCUT2D eigenvalue weighted by atomic mass is 10.3. The van der Waals surface area contributed by atoms with E-state index in [0.29, 0.717) is 33.0 Å². The molecule has 0 aliphatic carbocycles. The maximum Gasteiger partial charge on any atom is 0.246 e. The van der Waals surface area contributed by atoms with E-state index in [1.54, 1.807) is 0 Å². The largest absolute Gasteiger partial charge is 0.366 e. The van der Waals surface area contributed by atoms with Gasteiger partial charge in [-0.05, 0) is 7.05 Å². The molecule has 0 atom stereocenters. The van der Waals surface area contributed by atoms with Crippen LogP contribution in [0.4, 0.5) is 0 Å². The summed E-state index contributed by atoms with van der Waals surface area (Å²) in [6, 6.07) is 0. The Morgan fingerprint density at radius 3 is 2.28 bits per heavy atom. The van der Waals surface area contributed by atoms with Gasteiger partial charge in [0.1, 0.15) is 6.61 Å². The standard InChI is InChI=1S/C10H26N6O2/c1-13-2-3-16-10(17)6-18-9(4-14-7-11)5-15-8-12/h9,13-15H,2-8,11-12H2,1H3,(H,16,17). The van der Waals surface area contributed by atoms with E-state index < -0.39 is 0 Å². The number of nitrogens with one attached hydrogen (secondary N) is 4. The molecule has 0 aliphatic heterocycles. The van der Waals surface area contributed by atoms with Crippen LogP contribution in [0.2, 0.25) is 0 Å². The van der Waals surface area contributed by atoms with Crippen LogP contribution in [0.3, 0.4) is 0 Å². The van der Waals surface area contributed by atoms with Crippen molar-refractivity contribution in [2.45, 2.75) is 6.10 Å². The topological polar surface area (TPSA) is 126 Å². The molecule has 108 valence electrons. The van der Waals surface area contributed by atoms with Crippen molar-refractivity contribution in [1.29, 1.82) is 0 Å². The molecule has 0 bridgehead atoms. The Labute approximate surface area is 108 Å². The second-order valence-electron chi connectivity index (χ2n) is 3.70. The van der Waals surface area contributed by atoms with E-state index in [-0.39, 0.29) is 18.6 Å². The smallest absolute Gasteiger partial charge is 0.246 e. The van der Waals surface area contributed by atoms with Gasteiger partial charge in [0.05, 0.1) is 6.10 Å². The van der Waals surface area contributed by atoms with Gasteiger partial charge in [0.25, 0.3) is 0 Å². The van der Waals surface area contributed by atoms with Gasteiger partial charge in [0.2, 0.25) is 5.91 Å². The highest BCUT2D eigenvalue weighted by Gasteiger charge is 2.10. The van der Waals surface area contributed by atoms with E-state index in [1.807, 2.05) is 7.05 Å². The third-order valence-electron chi connectivity index (χ3n) is 2.18. The second-order valence-corrected chi connectivity index (χ2v) is 3.70. The van der Waals surface area contributed by atoms with Crippen LogP contribution in [0.25, 0.3) is 0 Å². The van der Waals surface area contributed by atoms with Crippen molar-refractivity contribution >= 4 is 5.91 Å². The van der Waals surface area contributed by atoms with Crippen molar-refractivity contribution in [3.63, 3.8) is 0 Å². The van der Waals surface area contributed by atoms with Crippen molar-refractivity contribution in [2.75, 3.05) is 53.2 Å². The number of hydrogen-bond acceptors (Lipinski definition) is 7. The van der Waals surface area contributed by atoms with E-state index in [1.165, 1.54) is 0 Å². The SMILES string of the molecule is CNCCNC(=O)COC(CNCN)CNCN. The van der Waals surface area contributed by atoms with Gasteiger partial charge in [-0.1, -0.05) is 0 Å². The van der Waals surface area contributed by atoms with Crippen molar-refractivity contribution in [2.24, 2.45) is 11.5 Å². The van der Waals surface area contributed by atoms with Crippen molar-refractivity contribution < 1.29 is 9.53 Å². The maximum absolute atomic E-state index is 11.4. The highest BCUT2D eigenvalue weighted by molar-refractivity contribution is 5.77.